The van der Waals surface area contributed by atoms with E-state index < -0.39 is 0 Å². The third kappa shape index (κ3) is 3.30. The molecule has 21 heavy (non-hydrogen) atoms. The van der Waals surface area contributed by atoms with Crippen molar-refractivity contribution in [2.24, 2.45) is 0 Å². The summed E-state index contributed by atoms with van der Waals surface area (Å²) >= 11 is 3.65. The van der Waals surface area contributed by atoms with Crippen molar-refractivity contribution < 1.29 is 0 Å². The summed E-state index contributed by atoms with van der Waals surface area (Å²) in [6.07, 6.45) is 5.22. The van der Waals surface area contributed by atoms with E-state index in [1.54, 1.807) is 0 Å². The van der Waals surface area contributed by atoms with Crippen LogP contribution in [0, 0.1) is 0 Å². The van der Waals surface area contributed by atoms with Crippen LogP contribution in [0.4, 0.5) is 0 Å². The summed E-state index contributed by atoms with van der Waals surface area (Å²) in [6.45, 7) is 3.39. The standard InChI is InChI=1S/C18H21NS2/c1-2-3-4-5-12-19-15(17-8-6-13-20-17)10-11-16(19)18-9-7-14-21-18/h6-11,13-14H,2-5,12H2,1H3. The first kappa shape index (κ1) is 14.6. The van der Waals surface area contributed by atoms with Gasteiger partial charge in [-0.15, -0.1) is 22.7 Å². The van der Waals surface area contributed by atoms with Gasteiger partial charge < -0.3 is 4.57 Å². The van der Waals surface area contributed by atoms with Gasteiger partial charge in [-0.3, -0.25) is 0 Å². The van der Waals surface area contributed by atoms with Crippen LogP contribution in [0.3, 0.4) is 0 Å². The van der Waals surface area contributed by atoms with Crippen molar-refractivity contribution in [3.63, 3.8) is 0 Å². The molecule has 0 N–H and O–H groups in total. The Kier molecular flexibility index (Phi) is 4.94. The van der Waals surface area contributed by atoms with Crippen molar-refractivity contribution in [2.45, 2.75) is 39.2 Å². The van der Waals surface area contributed by atoms with E-state index in [1.807, 2.05) is 22.7 Å². The van der Waals surface area contributed by atoms with Gasteiger partial charge in [-0.25, -0.2) is 0 Å². The second kappa shape index (κ2) is 7.10. The summed E-state index contributed by atoms with van der Waals surface area (Å²) in [5, 5.41) is 4.32. The van der Waals surface area contributed by atoms with Crippen LogP contribution in [0.25, 0.3) is 21.1 Å². The average Bonchev–Trinajstić information content (AvgIpc) is 3.22. The van der Waals surface area contributed by atoms with Gasteiger partial charge in [0.05, 0.1) is 21.1 Å². The summed E-state index contributed by atoms with van der Waals surface area (Å²) in [7, 11) is 0. The van der Waals surface area contributed by atoms with Gasteiger partial charge in [0.1, 0.15) is 0 Å². The van der Waals surface area contributed by atoms with Crippen LogP contribution >= 0.6 is 22.7 Å². The lowest BCUT2D eigenvalue weighted by atomic mass is 10.2. The minimum atomic E-state index is 1.12. The topological polar surface area (TPSA) is 4.93 Å². The van der Waals surface area contributed by atoms with Gasteiger partial charge in [0.2, 0.25) is 0 Å². The Bertz CT molecular complexity index is 596. The molecular formula is C18H21NS2. The van der Waals surface area contributed by atoms with E-state index in [2.05, 4.69) is 58.6 Å². The van der Waals surface area contributed by atoms with Crippen molar-refractivity contribution in [2.75, 3.05) is 0 Å². The fourth-order valence-electron chi connectivity index (χ4n) is 2.68. The Labute approximate surface area is 134 Å². The molecule has 0 aliphatic carbocycles. The van der Waals surface area contributed by atoms with Gasteiger partial charge in [-0.2, -0.15) is 0 Å². The Morgan fingerprint density at radius 3 is 1.90 bits per heavy atom. The predicted molar refractivity (Wildman–Crippen MR) is 95.2 cm³/mol. The molecule has 0 unspecified atom stereocenters. The van der Waals surface area contributed by atoms with E-state index >= 15 is 0 Å². The zero-order valence-corrected chi connectivity index (χ0v) is 14.1. The first-order chi connectivity index (χ1) is 10.4. The van der Waals surface area contributed by atoms with E-state index in [1.165, 1.54) is 46.8 Å². The normalized spacial score (nSPS) is 11.1. The molecule has 1 nitrogen and oxygen atoms in total. The zero-order valence-electron chi connectivity index (χ0n) is 12.4. The molecule has 3 heterocycles. The second-order valence-corrected chi connectivity index (χ2v) is 7.17. The fraction of sp³-hybridized carbons (Fsp3) is 0.333. The number of hydrogen-bond donors (Lipinski definition) is 0. The largest absolute Gasteiger partial charge is 0.339 e. The Morgan fingerprint density at radius 2 is 1.43 bits per heavy atom. The maximum Gasteiger partial charge on any atom is 0.0586 e. The number of aromatic nitrogens is 1. The molecule has 0 aliphatic heterocycles. The number of nitrogens with zero attached hydrogens (tertiary/aromatic N) is 1. The molecule has 0 saturated heterocycles. The van der Waals surface area contributed by atoms with Gasteiger partial charge in [0, 0.05) is 6.54 Å². The van der Waals surface area contributed by atoms with E-state index in [9.17, 15) is 0 Å². The van der Waals surface area contributed by atoms with Crippen molar-refractivity contribution in [3.05, 3.63) is 47.2 Å². The Balaban J connectivity index is 1.90. The van der Waals surface area contributed by atoms with Crippen LogP contribution in [0.5, 0.6) is 0 Å². The Morgan fingerprint density at radius 1 is 0.810 bits per heavy atom. The molecule has 0 aromatic carbocycles. The van der Waals surface area contributed by atoms with Crippen LogP contribution in [0.15, 0.2) is 47.2 Å². The van der Waals surface area contributed by atoms with E-state index in [0.29, 0.717) is 0 Å². The minimum Gasteiger partial charge on any atom is -0.339 e. The summed E-state index contributed by atoms with van der Waals surface area (Å²) in [5.74, 6) is 0. The fourth-order valence-corrected chi connectivity index (χ4v) is 4.20. The molecular weight excluding hydrogens is 294 g/mol. The van der Waals surface area contributed by atoms with Gasteiger partial charge in [0.15, 0.2) is 0 Å². The maximum absolute atomic E-state index is 2.51. The molecule has 0 bridgehead atoms. The highest BCUT2D eigenvalue weighted by atomic mass is 32.1. The van der Waals surface area contributed by atoms with Crippen molar-refractivity contribution >= 4 is 22.7 Å². The lowest BCUT2D eigenvalue weighted by Gasteiger charge is -2.12. The molecule has 0 amide bonds. The highest BCUT2D eigenvalue weighted by molar-refractivity contribution is 7.14. The molecule has 0 radical (unpaired) electrons. The zero-order chi connectivity index (χ0) is 14.5. The first-order valence-corrected chi connectivity index (χ1v) is 9.43. The van der Waals surface area contributed by atoms with E-state index in [4.69, 9.17) is 0 Å². The van der Waals surface area contributed by atoms with Crippen LogP contribution in [0.1, 0.15) is 32.6 Å². The molecule has 110 valence electrons. The van der Waals surface area contributed by atoms with Crippen LogP contribution in [-0.2, 0) is 6.54 Å². The van der Waals surface area contributed by atoms with E-state index in [-0.39, 0.29) is 0 Å². The number of rotatable bonds is 7. The van der Waals surface area contributed by atoms with Crippen molar-refractivity contribution in [3.8, 4) is 21.1 Å². The Hall–Kier alpha value is -1.32. The summed E-state index contributed by atoms with van der Waals surface area (Å²) in [4.78, 5) is 2.74. The molecule has 3 aromatic rings. The average molecular weight is 316 g/mol. The van der Waals surface area contributed by atoms with Gasteiger partial charge in [-0.1, -0.05) is 38.3 Å². The lowest BCUT2D eigenvalue weighted by Crippen LogP contribution is -2.01. The molecule has 0 saturated carbocycles. The summed E-state index contributed by atoms with van der Waals surface area (Å²) < 4.78 is 2.51. The van der Waals surface area contributed by atoms with Crippen LogP contribution in [0.2, 0.25) is 0 Å². The van der Waals surface area contributed by atoms with Gasteiger partial charge >= 0.3 is 0 Å². The van der Waals surface area contributed by atoms with Gasteiger partial charge in [-0.05, 0) is 41.4 Å². The summed E-state index contributed by atoms with van der Waals surface area (Å²) in [6, 6.07) is 13.3. The number of thiophene rings is 2. The number of hydrogen-bond acceptors (Lipinski definition) is 2. The molecule has 0 atom stereocenters. The van der Waals surface area contributed by atoms with Crippen molar-refractivity contribution in [1.82, 2.24) is 4.57 Å². The van der Waals surface area contributed by atoms with Gasteiger partial charge in [0.25, 0.3) is 0 Å². The minimum absolute atomic E-state index is 1.12. The van der Waals surface area contributed by atoms with Crippen molar-refractivity contribution in [1.29, 1.82) is 0 Å². The monoisotopic (exact) mass is 315 g/mol. The van der Waals surface area contributed by atoms with E-state index in [0.717, 1.165) is 6.54 Å². The molecule has 0 spiro atoms. The molecule has 3 rings (SSSR count). The smallest absolute Gasteiger partial charge is 0.0586 e. The molecule has 0 fully saturated rings. The third-order valence-electron chi connectivity index (χ3n) is 3.76. The quantitative estimate of drug-likeness (QED) is 0.437. The molecule has 3 heteroatoms. The number of unbranched alkanes of at least 4 members (excludes halogenated alkanes) is 3. The third-order valence-corrected chi connectivity index (χ3v) is 5.55. The highest BCUT2D eigenvalue weighted by Crippen LogP contribution is 2.33. The molecule has 3 aromatic heterocycles. The lowest BCUT2D eigenvalue weighted by molar-refractivity contribution is 0.591. The summed E-state index contributed by atoms with van der Waals surface area (Å²) in [5.41, 5.74) is 2.73. The maximum atomic E-state index is 2.51. The molecule has 0 aliphatic rings. The second-order valence-electron chi connectivity index (χ2n) is 5.27. The van der Waals surface area contributed by atoms with Crippen LogP contribution in [-0.4, -0.2) is 4.57 Å². The highest BCUT2D eigenvalue weighted by Gasteiger charge is 2.12. The first-order valence-electron chi connectivity index (χ1n) is 7.67. The predicted octanol–water partition coefficient (Wildman–Crippen LogP) is 6.53. The van der Waals surface area contributed by atoms with Crippen LogP contribution < -0.4 is 0 Å². The SMILES string of the molecule is CCCCCCn1c(-c2cccs2)ccc1-c1cccs1.